The first-order valence-electron chi connectivity index (χ1n) is 6.91. The van der Waals surface area contributed by atoms with Gasteiger partial charge in [-0.2, -0.15) is 0 Å². The molecule has 1 aliphatic rings. The van der Waals surface area contributed by atoms with Crippen molar-refractivity contribution in [2.45, 2.75) is 30.2 Å². The van der Waals surface area contributed by atoms with E-state index in [2.05, 4.69) is 5.32 Å². The van der Waals surface area contributed by atoms with Crippen LogP contribution in [-0.2, 0) is 4.74 Å². The van der Waals surface area contributed by atoms with Crippen molar-refractivity contribution in [2.75, 3.05) is 6.61 Å². The highest BCUT2D eigenvalue weighted by Gasteiger charge is 2.37. The summed E-state index contributed by atoms with van der Waals surface area (Å²) in [4.78, 5) is 11.6. The number of carbonyl (C=O) groups excluding carboxylic acids is 1. The Morgan fingerprint density at radius 3 is 2.74 bits per heavy atom. The molecule has 1 aromatic rings. The number of para-hydroxylation sites is 1. The molecule has 0 radical (unpaired) electrons. The Bertz CT molecular complexity index is 543. The van der Waals surface area contributed by atoms with Gasteiger partial charge in [-0.15, -0.1) is 0 Å². The van der Waals surface area contributed by atoms with Gasteiger partial charge in [-0.25, -0.2) is 4.79 Å². The molecule has 1 fully saturated rings. The third-order valence-electron chi connectivity index (χ3n) is 3.13. The number of rotatable bonds is 3. The number of amides is 1. The van der Waals surface area contributed by atoms with Crippen molar-refractivity contribution in [2.24, 2.45) is 0 Å². The second kappa shape index (κ2) is 8.27. The summed E-state index contributed by atoms with van der Waals surface area (Å²) in [6.45, 7) is -0.452. The van der Waals surface area contributed by atoms with Crippen LogP contribution in [0.1, 0.15) is 6.42 Å². The molecule has 9 heteroatoms. The number of amidine groups is 1. The predicted octanol–water partition coefficient (Wildman–Crippen LogP) is 0.272. The number of hydrogen-bond acceptors (Lipinski definition) is 8. The van der Waals surface area contributed by atoms with Gasteiger partial charge in [0.2, 0.25) is 0 Å². The normalized spacial score (nSPS) is 27.3. The van der Waals surface area contributed by atoms with Crippen LogP contribution in [0.15, 0.2) is 30.3 Å². The number of ether oxygens (including phenoxy) is 2. The maximum Gasteiger partial charge on any atom is 0.418 e. The van der Waals surface area contributed by atoms with E-state index in [-0.39, 0.29) is 11.6 Å². The first-order valence-corrected chi connectivity index (χ1v) is 7.79. The Morgan fingerprint density at radius 1 is 1.39 bits per heavy atom. The van der Waals surface area contributed by atoms with E-state index in [4.69, 9.17) is 20.0 Å². The molecule has 23 heavy (non-hydrogen) atoms. The fraction of sp³-hybridized carbons (Fsp3) is 0.429. The number of aliphatic hydroxyl groups is 3. The molecule has 4 atom stereocenters. The zero-order valence-electron chi connectivity index (χ0n) is 12.1. The summed E-state index contributed by atoms with van der Waals surface area (Å²) in [5.74, 6) is 0.343. The largest absolute Gasteiger partial charge is 0.418 e. The molecule has 1 heterocycles. The quantitative estimate of drug-likeness (QED) is 0.393. The lowest BCUT2D eigenvalue weighted by atomic mass is 10.0. The monoisotopic (exact) mass is 342 g/mol. The first kappa shape index (κ1) is 17.7. The molecule has 1 saturated heterocycles. The molecule has 1 aromatic carbocycles. The van der Waals surface area contributed by atoms with Gasteiger partial charge in [0.15, 0.2) is 5.17 Å². The van der Waals surface area contributed by atoms with E-state index in [1.807, 2.05) is 0 Å². The van der Waals surface area contributed by atoms with Crippen LogP contribution in [-0.4, -0.2) is 56.9 Å². The van der Waals surface area contributed by atoms with Gasteiger partial charge >= 0.3 is 6.09 Å². The minimum atomic E-state index is -1.18. The van der Waals surface area contributed by atoms with Crippen LogP contribution in [0.3, 0.4) is 0 Å². The van der Waals surface area contributed by atoms with Crippen molar-refractivity contribution in [1.29, 1.82) is 5.41 Å². The zero-order chi connectivity index (χ0) is 16.8. The number of thioether (sulfide) groups is 1. The fourth-order valence-electron chi connectivity index (χ4n) is 2.02. The van der Waals surface area contributed by atoms with Crippen LogP contribution in [0.2, 0.25) is 0 Å². The van der Waals surface area contributed by atoms with Crippen LogP contribution >= 0.6 is 11.8 Å². The third-order valence-corrected chi connectivity index (χ3v) is 4.04. The molecule has 0 aliphatic carbocycles. The van der Waals surface area contributed by atoms with Gasteiger partial charge < -0.3 is 24.8 Å². The van der Waals surface area contributed by atoms with Gasteiger partial charge in [-0.3, -0.25) is 10.7 Å². The molecule has 0 bridgehead atoms. The molecular weight excluding hydrogens is 324 g/mol. The van der Waals surface area contributed by atoms with Crippen molar-refractivity contribution in [3.05, 3.63) is 30.3 Å². The number of aliphatic hydroxyl groups excluding tert-OH is 3. The van der Waals surface area contributed by atoms with Crippen molar-refractivity contribution >= 4 is 23.0 Å². The fourth-order valence-corrected chi connectivity index (χ4v) is 2.91. The second-order valence-corrected chi connectivity index (χ2v) is 6.02. The van der Waals surface area contributed by atoms with Crippen LogP contribution in [0.5, 0.6) is 5.75 Å². The lowest BCUT2D eigenvalue weighted by Crippen LogP contribution is -2.49. The lowest BCUT2D eigenvalue weighted by Gasteiger charge is -2.35. The van der Waals surface area contributed by atoms with Crippen LogP contribution in [0.4, 0.5) is 4.79 Å². The number of nitrogens with one attached hydrogen (secondary N) is 2. The molecule has 0 saturated carbocycles. The van der Waals surface area contributed by atoms with Gasteiger partial charge in [-0.05, 0) is 12.1 Å². The zero-order valence-corrected chi connectivity index (χ0v) is 12.9. The van der Waals surface area contributed by atoms with E-state index in [0.29, 0.717) is 5.75 Å². The van der Waals surface area contributed by atoms with E-state index in [9.17, 15) is 15.0 Å². The highest BCUT2D eigenvalue weighted by atomic mass is 32.2. The highest BCUT2D eigenvalue weighted by molar-refractivity contribution is 8.14. The maximum atomic E-state index is 11.6. The standard InChI is InChI=1S/C14H18N2O6S/c15-13(16-14(20)21-8-4-2-1-3-5-8)23-11-6-9(18)12(19)10(7-17)22-11/h1-5,9-12,17-19H,6-7H2,(H2,15,16,20)/t9-,10-,11-,12+/m1/s1. The van der Waals surface area contributed by atoms with E-state index in [1.165, 1.54) is 0 Å². The molecule has 0 aromatic heterocycles. The topological polar surface area (TPSA) is 132 Å². The molecule has 0 unspecified atom stereocenters. The molecule has 2 rings (SSSR count). The Labute approximate surface area is 136 Å². The molecule has 0 spiro atoms. The van der Waals surface area contributed by atoms with Gasteiger partial charge in [0.1, 0.15) is 23.4 Å². The van der Waals surface area contributed by atoms with Crippen LogP contribution in [0.25, 0.3) is 0 Å². The minimum absolute atomic E-state index is 0.0696. The molecule has 1 amide bonds. The molecule has 1 aliphatic heterocycles. The maximum absolute atomic E-state index is 11.6. The number of benzene rings is 1. The smallest absolute Gasteiger partial charge is 0.410 e. The molecular formula is C14H18N2O6S. The second-order valence-electron chi connectivity index (χ2n) is 4.85. The summed E-state index contributed by atoms with van der Waals surface area (Å²) >= 11 is 0.851. The van der Waals surface area contributed by atoms with Crippen molar-refractivity contribution in [1.82, 2.24) is 5.32 Å². The molecule has 5 N–H and O–H groups in total. The third kappa shape index (κ3) is 5.19. The summed E-state index contributed by atoms with van der Waals surface area (Å²) < 4.78 is 10.3. The van der Waals surface area contributed by atoms with Gasteiger partial charge in [-0.1, -0.05) is 30.0 Å². The SMILES string of the molecule is N=C(NC(=O)Oc1ccccc1)S[C@@H]1C[C@@H](O)[C@H](O)[C@@H](CO)O1. The van der Waals surface area contributed by atoms with E-state index < -0.39 is 36.4 Å². The summed E-state index contributed by atoms with van der Waals surface area (Å²) in [5.41, 5.74) is -0.671. The lowest BCUT2D eigenvalue weighted by molar-refractivity contribution is -0.156. The number of carbonyl (C=O) groups is 1. The molecule has 126 valence electrons. The summed E-state index contributed by atoms with van der Waals surface area (Å²) in [5, 5.41) is 38.1. The van der Waals surface area contributed by atoms with Crippen molar-refractivity contribution in [3.8, 4) is 5.75 Å². The highest BCUT2D eigenvalue weighted by Crippen LogP contribution is 2.27. The van der Waals surface area contributed by atoms with Crippen molar-refractivity contribution < 1.29 is 29.6 Å². The first-order chi connectivity index (χ1) is 11.0. The Morgan fingerprint density at radius 2 is 2.09 bits per heavy atom. The van der Waals surface area contributed by atoms with Crippen LogP contribution < -0.4 is 10.1 Å². The number of hydrogen-bond donors (Lipinski definition) is 5. The summed E-state index contributed by atoms with van der Waals surface area (Å²) in [7, 11) is 0. The summed E-state index contributed by atoms with van der Waals surface area (Å²) in [6.07, 6.45) is -3.92. The Balaban J connectivity index is 1.81. The van der Waals surface area contributed by atoms with Gasteiger partial charge in [0.25, 0.3) is 0 Å². The Hall–Kier alpha value is -1.65. The van der Waals surface area contributed by atoms with Gasteiger partial charge in [0, 0.05) is 6.42 Å². The molecule has 8 nitrogen and oxygen atoms in total. The van der Waals surface area contributed by atoms with E-state index >= 15 is 0 Å². The van der Waals surface area contributed by atoms with Gasteiger partial charge in [0.05, 0.1) is 12.7 Å². The predicted molar refractivity (Wildman–Crippen MR) is 83.3 cm³/mol. The van der Waals surface area contributed by atoms with E-state index in [0.717, 1.165) is 11.8 Å². The Kier molecular flexibility index (Phi) is 6.37. The van der Waals surface area contributed by atoms with Crippen molar-refractivity contribution in [3.63, 3.8) is 0 Å². The van der Waals surface area contributed by atoms with Crippen LogP contribution in [0, 0.1) is 5.41 Å². The average Bonchev–Trinajstić information content (AvgIpc) is 2.51. The van der Waals surface area contributed by atoms with E-state index in [1.54, 1.807) is 30.3 Å². The average molecular weight is 342 g/mol. The minimum Gasteiger partial charge on any atom is -0.410 e. The summed E-state index contributed by atoms with van der Waals surface area (Å²) in [6, 6.07) is 8.40.